The maximum absolute atomic E-state index is 13.0. The molecule has 4 rings (SSSR count). The van der Waals surface area contributed by atoms with Crippen molar-refractivity contribution in [2.24, 2.45) is 27.6 Å². The third kappa shape index (κ3) is 2.73. The van der Waals surface area contributed by atoms with Gasteiger partial charge in [-0.3, -0.25) is 4.79 Å². The van der Waals surface area contributed by atoms with Crippen LogP contribution >= 0.6 is 11.6 Å². The minimum absolute atomic E-state index is 0.0205. The van der Waals surface area contributed by atoms with E-state index in [4.69, 9.17) is 11.6 Å². The smallest absolute Gasteiger partial charge is 0.226 e. The van der Waals surface area contributed by atoms with Crippen LogP contribution in [0.5, 0.6) is 0 Å². The Hall–Kier alpha value is -0.240. The molecule has 0 heterocycles. The van der Waals surface area contributed by atoms with Crippen LogP contribution < -0.4 is 5.32 Å². The summed E-state index contributed by atoms with van der Waals surface area (Å²) in [6, 6.07) is 0. The molecule has 2 nitrogen and oxygen atoms in total. The number of alkyl halides is 1. The minimum Gasteiger partial charge on any atom is -0.355 e. The number of carbonyl (C=O) groups excluding carboxylic acids is 1. The first kappa shape index (κ1) is 15.6. The predicted octanol–water partition coefficient (Wildman–Crippen LogP) is 4.36. The first-order chi connectivity index (χ1) is 9.60. The minimum atomic E-state index is -0.0920. The second kappa shape index (κ2) is 4.63. The molecule has 2 atom stereocenters. The van der Waals surface area contributed by atoms with Crippen LogP contribution in [0.2, 0.25) is 0 Å². The summed E-state index contributed by atoms with van der Waals surface area (Å²) in [5.74, 6) is 1.66. The summed E-state index contributed by atoms with van der Waals surface area (Å²) in [6.07, 6.45) is 7.30. The van der Waals surface area contributed by atoms with Crippen molar-refractivity contribution < 1.29 is 4.79 Å². The van der Waals surface area contributed by atoms with Crippen molar-refractivity contribution in [3.05, 3.63) is 0 Å². The van der Waals surface area contributed by atoms with Crippen molar-refractivity contribution in [2.45, 2.75) is 66.2 Å². The Morgan fingerprint density at radius 3 is 2.19 bits per heavy atom. The second-order valence-electron chi connectivity index (χ2n) is 9.89. The molecule has 21 heavy (non-hydrogen) atoms. The molecule has 120 valence electrons. The van der Waals surface area contributed by atoms with Crippen molar-refractivity contribution >= 4 is 17.5 Å². The van der Waals surface area contributed by atoms with Gasteiger partial charge in [-0.25, -0.2) is 0 Å². The van der Waals surface area contributed by atoms with Crippen LogP contribution in [0, 0.1) is 27.6 Å². The first-order valence-electron chi connectivity index (χ1n) is 8.44. The van der Waals surface area contributed by atoms with E-state index in [2.05, 4.69) is 33.0 Å². The summed E-state index contributed by atoms with van der Waals surface area (Å²) in [7, 11) is 0. The molecule has 0 aromatic carbocycles. The topological polar surface area (TPSA) is 29.1 Å². The number of amides is 1. The van der Waals surface area contributed by atoms with Crippen LogP contribution in [0.1, 0.15) is 66.2 Å². The lowest BCUT2D eigenvalue weighted by Gasteiger charge is -2.64. The average molecular weight is 312 g/mol. The Morgan fingerprint density at radius 2 is 1.71 bits per heavy atom. The molecule has 4 fully saturated rings. The van der Waals surface area contributed by atoms with Crippen molar-refractivity contribution in [2.75, 3.05) is 12.4 Å². The molecule has 0 spiro atoms. The van der Waals surface area contributed by atoms with Crippen molar-refractivity contribution in [1.29, 1.82) is 0 Å². The van der Waals surface area contributed by atoms with E-state index in [1.165, 1.54) is 19.3 Å². The maximum atomic E-state index is 13.0. The van der Waals surface area contributed by atoms with E-state index in [1.54, 1.807) is 0 Å². The molecule has 0 radical (unpaired) electrons. The number of rotatable bonds is 4. The molecular weight excluding hydrogens is 282 g/mol. The number of nitrogens with one attached hydrogen (secondary N) is 1. The summed E-state index contributed by atoms with van der Waals surface area (Å²) in [5.41, 5.74) is 0.680. The van der Waals surface area contributed by atoms with Gasteiger partial charge in [-0.1, -0.05) is 27.7 Å². The van der Waals surface area contributed by atoms with Gasteiger partial charge >= 0.3 is 0 Å². The van der Waals surface area contributed by atoms with E-state index in [1.807, 2.05) is 0 Å². The van der Waals surface area contributed by atoms with Crippen LogP contribution in [0.25, 0.3) is 0 Å². The van der Waals surface area contributed by atoms with Gasteiger partial charge in [-0.15, -0.1) is 11.6 Å². The number of hydrogen-bond acceptors (Lipinski definition) is 1. The Morgan fingerprint density at radius 1 is 1.14 bits per heavy atom. The van der Waals surface area contributed by atoms with E-state index in [9.17, 15) is 4.79 Å². The highest BCUT2D eigenvalue weighted by atomic mass is 35.5. The fourth-order valence-electron chi connectivity index (χ4n) is 6.26. The number of halogens is 1. The van der Waals surface area contributed by atoms with Crippen molar-refractivity contribution in [1.82, 2.24) is 5.32 Å². The summed E-state index contributed by atoms with van der Waals surface area (Å²) >= 11 is 5.99. The molecule has 0 aromatic heterocycles. The zero-order valence-electron chi connectivity index (χ0n) is 14.0. The standard InChI is InChI=1S/C18H30ClNO/c1-15(2,11-19)12-20-14(21)18-7-13-5-16(3,9-18)8-17(4,6-13)10-18/h13H,5-12H2,1-4H3,(H,20,21). The summed E-state index contributed by atoms with van der Waals surface area (Å²) in [5, 5.41) is 3.24. The summed E-state index contributed by atoms with van der Waals surface area (Å²) in [6.45, 7) is 9.75. The van der Waals surface area contributed by atoms with E-state index in [0.29, 0.717) is 29.2 Å². The van der Waals surface area contributed by atoms with E-state index < -0.39 is 0 Å². The molecular formula is C18H30ClNO. The molecule has 4 aliphatic rings. The Kier molecular flexibility index (Phi) is 3.45. The number of carbonyl (C=O) groups is 1. The van der Waals surface area contributed by atoms with Crippen LogP contribution in [-0.4, -0.2) is 18.3 Å². The first-order valence-corrected chi connectivity index (χ1v) is 8.97. The van der Waals surface area contributed by atoms with Crippen molar-refractivity contribution in [3.8, 4) is 0 Å². The highest BCUT2D eigenvalue weighted by Gasteiger charge is 2.62. The third-order valence-corrected chi connectivity index (χ3v) is 6.92. The highest BCUT2D eigenvalue weighted by Crippen LogP contribution is 2.69. The lowest BCUT2D eigenvalue weighted by molar-refractivity contribution is -0.170. The zero-order chi connectivity index (χ0) is 15.5. The van der Waals surface area contributed by atoms with E-state index >= 15 is 0 Å². The fraction of sp³-hybridized carbons (Fsp3) is 0.944. The van der Waals surface area contributed by atoms with Crippen LogP contribution in [0.4, 0.5) is 0 Å². The lowest BCUT2D eigenvalue weighted by atomic mass is 9.40. The lowest BCUT2D eigenvalue weighted by Crippen LogP contribution is -2.60. The van der Waals surface area contributed by atoms with E-state index in [0.717, 1.165) is 25.2 Å². The quantitative estimate of drug-likeness (QED) is 0.768. The third-order valence-electron chi connectivity index (χ3n) is 6.20. The molecule has 0 aromatic rings. The molecule has 1 amide bonds. The molecule has 4 aliphatic carbocycles. The van der Waals surface area contributed by atoms with Crippen LogP contribution in [0.15, 0.2) is 0 Å². The summed E-state index contributed by atoms with van der Waals surface area (Å²) in [4.78, 5) is 13.0. The Balaban J connectivity index is 1.77. The molecule has 2 unspecified atom stereocenters. The molecule has 3 heteroatoms. The SMILES string of the molecule is CC(C)(CCl)CNC(=O)C12CC3CC(C)(CC(C)(C3)C1)C2. The maximum Gasteiger partial charge on any atom is 0.226 e. The number of hydrogen-bond donors (Lipinski definition) is 1. The van der Waals surface area contributed by atoms with Gasteiger partial charge in [0, 0.05) is 12.4 Å². The van der Waals surface area contributed by atoms with Gasteiger partial charge in [-0.2, -0.15) is 0 Å². The zero-order valence-corrected chi connectivity index (χ0v) is 14.8. The van der Waals surface area contributed by atoms with Gasteiger partial charge < -0.3 is 5.32 Å². The Labute approximate surface area is 134 Å². The monoisotopic (exact) mass is 311 g/mol. The average Bonchev–Trinajstić information content (AvgIpc) is 2.31. The van der Waals surface area contributed by atoms with Crippen molar-refractivity contribution in [3.63, 3.8) is 0 Å². The molecule has 4 saturated carbocycles. The van der Waals surface area contributed by atoms with Crippen LogP contribution in [-0.2, 0) is 4.79 Å². The van der Waals surface area contributed by atoms with Gasteiger partial charge in [-0.05, 0) is 60.7 Å². The summed E-state index contributed by atoms with van der Waals surface area (Å²) < 4.78 is 0. The molecule has 0 saturated heterocycles. The van der Waals surface area contributed by atoms with Gasteiger partial charge in [0.25, 0.3) is 0 Å². The van der Waals surface area contributed by atoms with Gasteiger partial charge in [0.15, 0.2) is 0 Å². The molecule has 0 aliphatic heterocycles. The largest absolute Gasteiger partial charge is 0.355 e. The highest BCUT2D eigenvalue weighted by molar-refractivity contribution is 6.18. The molecule has 1 N–H and O–H groups in total. The Bertz CT molecular complexity index is 440. The second-order valence-corrected chi connectivity index (χ2v) is 10.2. The van der Waals surface area contributed by atoms with Gasteiger partial charge in [0.05, 0.1) is 5.41 Å². The van der Waals surface area contributed by atoms with Crippen LogP contribution in [0.3, 0.4) is 0 Å². The van der Waals surface area contributed by atoms with E-state index in [-0.39, 0.29) is 10.8 Å². The fourth-order valence-corrected chi connectivity index (χ4v) is 6.35. The van der Waals surface area contributed by atoms with Gasteiger partial charge in [0.1, 0.15) is 0 Å². The predicted molar refractivity (Wildman–Crippen MR) is 87.3 cm³/mol. The normalized spacial score (nSPS) is 44.9. The molecule has 4 bridgehead atoms. The van der Waals surface area contributed by atoms with Gasteiger partial charge in [0.2, 0.25) is 5.91 Å².